The summed E-state index contributed by atoms with van der Waals surface area (Å²) in [4.78, 5) is 15.1. The van der Waals surface area contributed by atoms with E-state index in [0.717, 1.165) is 65.3 Å². The van der Waals surface area contributed by atoms with Crippen LogP contribution >= 0.6 is 11.3 Å². The molecule has 1 aliphatic heterocycles. The summed E-state index contributed by atoms with van der Waals surface area (Å²) in [5, 5.41) is 14.9. The van der Waals surface area contributed by atoms with E-state index in [0.29, 0.717) is 12.3 Å². The molecule has 1 saturated heterocycles. The van der Waals surface area contributed by atoms with Crippen molar-refractivity contribution in [1.82, 2.24) is 9.38 Å². The molecule has 0 saturated carbocycles. The van der Waals surface area contributed by atoms with E-state index in [9.17, 15) is 9.82 Å². The predicted octanol–water partition coefficient (Wildman–Crippen LogP) is 5.41. The highest BCUT2D eigenvalue weighted by atomic mass is 32.1. The molecule has 0 radical (unpaired) electrons. The van der Waals surface area contributed by atoms with Gasteiger partial charge in [0.25, 0.3) is 5.91 Å². The molecule has 37 heavy (non-hydrogen) atoms. The highest BCUT2D eigenvalue weighted by Gasteiger charge is 2.23. The summed E-state index contributed by atoms with van der Waals surface area (Å²) in [6, 6.07) is 19.3. The van der Waals surface area contributed by atoms with Gasteiger partial charge in [0, 0.05) is 18.3 Å². The fourth-order valence-electron chi connectivity index (χ4n) is 4.77. The number of carbonyl (C=O) groups is 1. The van der Waals surface area contributed by atoms with Crippen molar-refractivity contribution >= 4 is 40.2 Å². The van der Waals surface area contributed by atoms with E-state index >= 15 is 0 Å². The average Bonchev–Trinajstić information content (AvgIpc) is 3.40. The first-order valence-corrected chi connectivity index (χ1v) is 13.6. The lowest BCUT2D eigenvalue weighted by Gasteiger charge is -2.21. The summed E-state index contributed by atoms with van der Waals surface area (Å²) in [5.74, 6) is 1.41. The van der Waals surface area contributed by atoms with Gasteiger partial charge in [-0.15, -0.1) is 11.3 Å². The Hall–Kier alpha value is -3.27. The lowest BCUT2D eigenvalue weighted by molar-refractivity contribution is 0.101. The van der Waals surface area contributed by atoms with Crippen LogP contribution in [0, 0.1) is 0 Å². The fraction of sp³-hybridized carbons (Fsp3) is 0.321. The molecule has 0 aliphatic carbocycles. The lowest BCUT2D eigenvalue weighted by atomic mass is 9.85. The normalized spacial score (nSPS) is 16.4. The van der Waals surface area contributed by atoms with Crippen LogP contribution in [0.25, 0.3) is 10.2 Å². The van der Waals surface area contributed by atoms with Gasteiger partial charge in [-0.3, -0.25) is 4.79 Å². The number of nitrogens with zero attached hydrogens (tertiary/aromatic N) is 2. The van der Waals surface area contributed by atoms with Crippen LogP contribution in [0.4, 0.5) is 5.69 Å². The van der Waals surface area contributed by atoms with Gasteiger partial charge >= 0.3 is 7.05 Å². The number of amides is 1. The van der Waals surface area contributed by atoms with Gasteiger partial charge in [-0.1, -0.05) is 18.2 Å². The molecule has 192 valence electrons. The third kappa shape index (κ3) is 6.01. The first-order valence-electron chi connectivity index (χ1n) is 12.7. The molecule has 1 unspecified atom stereocenters. The van der Waals surface area contributed by atoms with E-state index in [1.54, 1.807) is 11.3 Å². The minimum atomic E-state index is -0.413. The summed E-state index contributed by atoms with van der Waals surface area (Å²) >= 11 is 1.63. The topological polar surface area (TPSA) is 76.0 Å². The number of hydrogen-bond acceptors (Lipinski definition) is 6. The van der Waals surface area contributed by atoms with Crippen molar-refractivity contribution in [1.29, 1.82) is 0 Å². The molecule has 7 nitrogen and oxygen atoms in total. The Balaban J connectivity index is 1.18. The molecule has 1 atom stereocenters. The Morgan fingerprint density at radius 3 is 2.68 bits per heavy atom. The molecule has 9 heteroatoms. The van der Waals surface area contributed by atoms with Gasteiger partial charge in [-0.2, -0.15) is 0 Å². The Morgan fingerprint density at radius 2 is 1.89 bits per heavy atom. The third-order valence-corrected chi connectivity index (χ3v) is 7.77. The minimum Gasteiger partial charge on any atom is -0.490 e. The largest absolute Gasteiger partial charge is 0.490 e. The maximum atomic E-state index is 13.0. The second-order valence-corrected chi connectivity index (χ2v) is 10.4. The van der Waals surface area contributed by atoms with Crippen LogP contribution in [0.5, 0.6) is 11.5 Å². The summed E-state index contributed by atoms with van der Waals surface area (Å²) in [6.45, 7) is 3.88. The highest BCUT2D eigenvalue weighted by molar-refractivity contribution is 7.17. The molecule has 2 N–H and O–H groups in total. The molecule has 1 aliphatic rings. The number of benzene rings is 2. The van der Waals surface area contributed by atoms with Crippen molar-refractivity contribution in [3.63, 3.8) is 0 Å². The number of rotatable bonds is 8. The van der Waals surface area contributed by atoms with Gasteiger partial charge in [0.2, 0.25) is 0 Å². The van der Waals surface area contributed by atoms with Gasteiger partial charge < -0.3 is 29.2 Å². The second-order valence-electron chi connectivity index (χ2n) is 9.47. The lowest BCUT2D eigenvalue weighted by Crippen LogP contribution is -2.38. The SMILES string of the molecule is CB(O)N1CCCC(Oc2ccc(OCc3ccccc3NC(=O)c3cc4sccc4n3C)cc2)CC1. The Kier molecular flexibility index (Phi) is 7.83. The molecule has 2 aromatic carbocycles. The maximum Gasteiger partial charge on any atom is 0.376 e. The summed E-state index contributed by atoms with van der Waals surface area (Å²) in [7, 11) is 1.50. The number of para-hydroxylation sites is 1. The van der Waals surface area contributed by atoms with E-state index in [2.05, 4.69) is 10.1 Å². The molecule has 5 rings (SSSR count). The van der Waals surface area contributed by atoms with E-state index in [1.807, 2.05) is 84.5 Å². The molecule has 3 heterocycles. The second kappa shape index (κ2) is 11.4. The molecule has 2 aromatic heterocycles. The van der Waals surface area contributed by atoms with E-state index in [-0.39, 0.29) is 12.0 Å². The molecular weight excluding hydrogens is 485 g/mol. The molecule has 0 spiro atoms. The minimum absolute atomic E-state index is 0.144. The zero-order valence-electron chi connectivity index (χ0n) is 21.2. The molecular formula is C28H32BN3O4S. The number of thiophene rings is 1. The summed E-state index contributed by atoms with van der Waals surface area (Å²) in [6.07, 6.45) is 3.03. The first kappa shape index (κ1) is 25.4. The average molecular weight is 517 g/mol. The number of anilines is 1. The van der Waals surface area contributed by atoms with E-state index in [1.165, 1.54) is 0 Å². The quantitative estimate of drug-likeness (QED) is 0.306. The van der Waals surface area contributed by atoms with Crippen LogP contribution in [-0.2, 0) is 13.7 Å². The van der Waals surface area contributed by atoms with Crippen molar-refractivity contribution in [3.8, 4) is 11.5 Å². The standard InChI is InChI=1S/C28H32BN3O4S/c1-29(34)32-15-5-7-22(13-16-32)36-23-11-9-21(10-12-23)35-19-20-6-3-4-8-24(20)30-28(33)26-18-27-25(31(26)2)14-17-37-27/h3-4,6,8-12,14,17-18,22,34H,5,7,13,15-16,19H2,1-2H3,(H,30,33). The maximum absolute atomic E-state index is 13.0. The number of carbonyl (C=O) groups excluding carboxylic acids is 1. The number of aromatic nitrogens is 1. The first-order chi connectivity index (χ1) is 18.0. The summed E-state index contributed by atoms with van der Waals surface area (Å²) < 4.78 is 15.3. The van der Waals surface area contributed by atoms with E-state index in [4.69, 9.17) is 9.47 Å². The van der Waals surface area contributed by atoms with Gasteiger partial charge in [0.15, 0.2) is 0 Å². The van der Waals surface area contributed by atoms with Gasteiger partial charge in [0.1, 0.15) is 23.8 Å². The molecule has 4 aromatic rings. The zero-order chi connectivity index (χ0) is 25.8. The Morgan fingerprint density at radius 1 is 1.11 bits per heavy atom. The van der Waals surface area contributed by atoms with Crippen LogP contribution in [-0.4, -0.2) is 46.6 Å². The van der Waals surface area contributed by atoms with Gasteiger partial charge in [0.05, 0.1) is 16.3 Å². The fourth-order valence-corrected chi connectivity index (χ4v) is 5.62. The number of nitrogens with one attached hydrogen (secondary N) is 1. The molecule has 1 amide bonds. The third-order valence-electron chi connectivity index (χ3n) is 6.92. The summed E-state index contributed by atoms with van der Waals surface area (Å²) in [5.41, 5.74) is 3.31. The van der Waals surface area contributed by atoms with Crippen molar-refractivity contribution in [3.05, 3.63) is 77.3 Å². The van der Waals surface area contributed by atoms with Crippen molar-refractivity contribution in [2.45, 2.75) is 38.8 Å². The number of fused-ring (bicyclic) bond motifs is 1. The number of hydrogen-bond donors (Lipinski definition) is 2. The van der Waals surface area contributed by atoms with Crippen LogP contribution in [0.1, 0.15) is 35.3 Å². The molecule has 0 bridgehead atoms. The molecule has 1 fully saturated rings. The van der Waals surface area contributed by atoms with Gasteiger partial charge in [-0.25, -0.2) is 0 Å². The Bertz CT molecular complexity index is 1350. The highest BCUT2D eigenvalue weighted by Crippen LogP contribution is 2.27. The van der Waals surface area contributed by atoms with Crippen LogP contribution in [0.15, 0.2) is 66.0 Å². The van der Waals surface area contributed by atoms with Crippen LogP contribution in [0.2, 0.25) is 6.82 Å². The van der Waals surface area contributed by atoms with Crippen LogP contribution < -0.4 is 14.8 Å². The smallest absolute Gasteiger partial charge is 0.376 e. The monoisotopic (exact) mass is 517 g/mol. The number of aryl methyl sites for hydroxylation is 1. The van der Waals surface area contributed by atoms with Gasteiger partial charge in [-0.05, 0) is 87.0 Å². The number of ether oxygens (including phenoxy) is 2. The Labute approximate surface area is 221 Å². The predicted molar refractivity (Wildman–Crippen MR) is 150 cm³/mol. The zero-order valence-corrected chi connectivity index (χ0v) is 22.0. The van der Waals surface area contributed by atoms with Crippen molar-refractivity contribution in [2.24, 2.45) is 7.05 Å². The van der Waals surface area contributed by atoms with Crippen LogP contribution in [0.3, 0.4) is 0 Å². The van der Waals surface area contributed by atoms with Crippen molar-refractivity contribution < 1.29 is 19.3 Å². The van der Waals surface area contributed by atoms with Crippen molar-refractivity contribution in [2.75, 3.05) is 18.4 Å². The van der Waals surface area contributed by atoms with E-state index < -0.39 is 7.05 Å².